The minimum Gasteiger partial charge on any atom is -0.358 e. The topological polar surface area (TPSA) is 6.25 Å². The van der Waals surface area contributed by atoms with Gasteiger partial charge in [0.1, 0.15) is 5.82 Å². The lowest BCUT2D eigenvalue weighted by Gasteiger charge is -2.27. The highest BCUT2D eigenvalue weighted by molar-refractivity contribution is 5.14. The predicted molar refractivity (Wildman–Crippen MR) is 66.6 cm³/mol. The smallest absolute Gasteiger partial charge is 0.104 e. The summed E-state index contributed by atoms with van der Waals surface area (Å²) in [6.07, 6.45) is 8.94. The van der Waals surface area contributed by atoms with Crippen LogP contribution in [0.25, 0.3) is 0 Å². The lowest BCUT2D eigenvalue weighted by Crippen LogP contribution is -2.28. The fourth-order valence-corrected chi connectivity index (χ4v) is 1.75. The molecule has 0 aromatic rings. The Hall–Kier alpha value is -0.920. The highest BCUT2D eigenvalue weighted by atomic mass is 15.4. The van der Waals surface area contributed by atoms with Crippen molar-refractivity contribution in [2.24, 2.45) is 0 Å². The van der Waals surface area contributed by atoms with Gasteiger partial charge >= 0.3 is 0 Å². The van der Waals surface area contributed by atoms with Gasteiger partial charge in [-0.1, -0.05) is 26.0 Å². The third-order valence-corrected chi connectivity index (χ3v) is 2.52. The molecule has 1 fully saturated rings. The van der Waals surface area contributed by atoms with Gasteiger partial charge in [0.15, 0.2) is 0 Å². The van der Waals surface area contributed by atoms with Crippen molar-refractivity contribution in [3.8, 4) is 0 Å². The van der Waals surface area contributed by atoms with Gasteiger partial charge in [-0.2, -0.15) is 0 Å². The highest BCUT2D eigenvalue weighted by Crippen LogP contribution is 2.19. The lowest BCUT2D eigenvalue weighted by molar-refractivity contribution is 0.291. The summed E-state index contributed by atoms with van der Waals surface area (Å²) in [5.41, 5.74) is 0. The second-order valence-corrected chi connectivity index (χ2v) is 4.02. The van der Waals surface area contributed by atoms with Gasteiger partial charge in [-0.05, 0) is 25.8 Å². The average Bonchev–Trinajstić information content (AvgIpc) is 3.03. The molecule has 1 saturated heterocycles. The summed E-state index contributed by atoms with van der Waals surface area (Å²) in [6.45, 7) is 11.4. The molecule has 2 nitrogen and oxygen atoms in total. The van der Waals surface area contributed by atoms with Gasteiger partial charge in [0.25, 0.3) is 0 Å². The molecule has 0 amide bonds. The Bertz CT molecular complexity index is 221. The van der Waals surface area contributed by atoms with Crippen LogP contribution in [0.3, 0.4) is 0 Å². The molecule has 0 radical (unpaired) electrons. The Morgan fingerprint density at radius 3 is 2.20 bits per heavy atom. The molecule has 0 aromatic carbocycles. The second-order valence-electron chi connectivity index (χ2n) is 4.02. The molecule has 0 unspecified atom stereocenters. The molecule has 0 N–H and O–H groups in total. The first kappa shape index (κ1) is 12.2. The zero-order valence-electron chi connectivity index (χ0n) is 10.4. The minimum absolute atomic E-state index is 1.17. The molecule has 1 aliphatic heterocycles. The number of allylic oxidation sites excluding steroid dienone is 3. The van der Waals surface area contributed by atoms with Gasteiger partial charge in [0.2, 0.25) is 0 Å². The van der Waals surface area contributed by atoms with E-state index < -0.39 is 0 Å². The van der Waals surface area contributed by atoms with Crippen molar-refractivity contribution in [2.75, 3.05) is 26.2 Å². The first-order chi connectivity index (χ1) is 7.33. The first-order valence-electron chi connectivity index (χ1n) is 6.16. The monoisotopic (exact) mass is 208 g/mol. The molecule has 0 aliphatic carbocycles. The summed E-state index contributed by atoms with van der Waals surface area (Å²) < 4.78 is 0. The van der Waals surface area contributed by atoms with Crippen LogP contribution in [0.2, 0.25) is 0 Å². The van der Waals surface area contributed by atoms with Gasteiger partial charge in [-0.3, -0.25) is 0 Å². The number of hydrogen-bond donors (Lipinski definition) is 0. The molecule has 1 rings (SSSR count). The van der Waals surface area contributed by atoms with E-state index in [1.807, 2.05) is 0 Å². The second kappa shape index (κ2) is 6.54. The standard InChI is InChI=1S/C13H24N2/c1-4-7-8-13(15-11-12-15)14(9-5-2)10-6-3/h4,7-8H,5-6,9-12H2,1-3H3/b7-4+,13-8-. The van der Waals surface area contributed by atoms with Gasteiger partial charge in [-0.15, -0.1) is 0 Å². The Balaban J connectivity index is 2.64. The predicted octanol–water partition coefficient (Wildman–Crippen LogP) is 2.84. The van der Waals surface area contributed by atoms with Crippen LogP contribution in [0.1, 0.15) is 33.6 Å². The summed E-state index contributed by atoms with van der Waals surface area (Å²) in [5.74, 6) is 1.41. The summed E-state index contributed by atoms with van der Waals surface area (Å²) in [4.78, 5) is 4.94. The molecule has 0 aromatic heterocycles. The van der Waals surface area contributed by atoms with Crippen LogP contribution in [0.4, 0.5) is 0 Å². The number of rotatable bonds is 7. The Kier molecular flexibility index (Phi) is 5.30. The van der Waals surface area contributed by atoms with Crippen molar-refractivity contribution in [1.29, 1.82) is 0 Å². The van der Waals surface area contributed by atoms with E-state index in [-0.39, 0.29) is 0 Å². The highest BCUT2D eigenvalue weighted by Gasteiger charge is 2.23. The summed E-state index contributed by atoms with van der Waals surface area (Å²) >= 11 is 0. The van der Waals surface area contributed by atoms with Gasteiger partial charge in [0.05, 0.1) is 0 Å². The molecule has 0 atom stereocenters. The molecule has 86 valence electrons. The molecule has 15 heavy (non-hydrogen) atoms. The van der Waals surface area contributed by atoms with Crippen LogP contribution in [0.15, 0.2) is 24.0 Å². The van der Waals surface area contributed by atoms with Crippen LogP contribution in [0, 0.1) is 0 Å². The maximum atomic E-state index is 2.51. The van der Waals surface area contributed by atoms with Crippen molar-refractivity contribution in [3.05, 3.63) is 24.0 Å². The molecule has 1 aliphatic rings. The number of hydrogen-bond acceptors (Lipinski definition) is 2. The minimum atomic E-state index is 1.17. The zero-order valence-corrected chi connectivity index (χ0v) is 10.4. The van der Waals surface area contributed by atoms with Gasteiger partial charge < -0.3 is 9.80 Å². The Labute approximate surface area is 94.3 Å². The van der Waals surface area contributed by atoms with Crippen molar-refractivity contribution in [2.45, 2.75) is 33.6 Å². The molecular formula is C13H24N2. The third-order valence-electron chi connectivity index (χ3n) is 2.52. The average molecular weight is 208 g/mol. The van der Waals surface area contributed by atoms with Gasteiger partial charge in [0, 0.05) is 26.2 Å². The van der Waals surface area contributed by atoms with E-state index in [0.717, 1.165) is 0 Å². The molecule has 0 bridgehead atoms. The van der Waals surface area contributed by atoms with E-state index >= 15 is 0 Å². The molecule has 0 spiro atoms. The van der Waals surface area contributed by atoms with Crippen molar-refractivity contribution in [1.82, 2.24) is 9.80 Å². The Morgan fingerprint density at radius 2 is 1.80 bits per heavy atom. The van der Waals surface area contributed by atoms with E-state index in [0.29, 0.717) is 0 Å². The summed E-state index contributed by atoms with van der Waals surface area (Å²) in [5, 5.41) is 0. The summed E-state index contributed by atoms with van der Waals surface area (Å²) in [7, 11) is 0. The van der Waals surface area contributed by atoms with E-state index in [4.69, 9.17) is 0 Å². The van der Waals surface area contributed by atoms with Crippen LogP contribution in [-0.2, 0) is 0 Å². The van der Waals surface area contributed by atoms with Crippen LogP contribution in [-0.4, -0.2) is 36.0 Å². The normalized spacial score (nSPS) is 16.2. The van der Waals surface area contributed by atoms with Crippen LogP contribution in [0.5, 0.6) is 0 Å². The maximum Gasteiger partial charge on any atom is 0.104 e. The van der Waals surface area contributed by atoms with Gasteiger partial charge in [-0.25, -0.2) is 0 Å². The van der Waals surface area contributed by atoms with Crippen LogP contribution < -0.4 is 0 Å². The van der Waals surface area contributed by atoms with Crippen LogP contribution >= 0.6 is 0 Å². The molecule has 2 heteroatoms. The zero-order chi connectivity index (χ0) is 11.1. The van der Waals surface area contributed by atoms with Crippen molar-refractivity contribution < 1.29 is 0 Å². The van der Waals surface area contributed by atoms with E-state index in [9.17, 15) is 0 Å². The molecule has 0 saturated carbocycles. The van der Waals surface area contributed by atoms with Crippen molar-refractivity contribution in [3.63, 3.8) is 0 Å². The molecule has 1 heterocycles. The van der Waals surface area contributed by atoms with E-state index in [1.54, 1.807) is 0 Å². The molecular weight excluding hydrogens is 184 g/mol. The van der Waals surface area contributed by atoms with E-state index in [1.165, 1.54) is 44.8 Å². The van der Waals surface area contributed by atoms with E-state index in [2.05, 4.69) is 48.8 Å². The maximum absolute atomic E-state index is 2.51. The third kappa shape index (κ3) is 3.98. The Morgan fingerprint density at radius 1 is 1.20 bits per heavy atom. The quantitative estimate of drug-likeness (QED) is 0.469. The summed E-state index contributed by atoms with van der Waals surface area (Å²) in [6, 6.07) is 0. The first-order valence-corrected chi connectivity index (χ1v) is 6.16. The van der Waals surface area contributed by atoms with Crippen molar-refractivity contribution >= 4 is 0 Å². The lowest BCUT2D eigenvalue weighted by atomic mass is 10.3. The fraction of sp³-hybridized carbons (Fsp3) is 0.692. The number of nitrogens with zero attached hydrogens (tertiary/aromatic N) is 2. The largest absolute Gasteiger partial charge is 0.358 e. The fourth-order valence-electron chi connectivity index (χ4n) is 1.75. The SMILES string of the molecule is C/C=C/C=C(/N(CCC)CCC)N1CC1.